The van der Waals surface area contributed by atoms with Crippen LogP contribution in [0.5, 0.6) is 0 Å². The number of nitrogens with one attached hydrogen (secondary N) is 2. The van der Waals surface area contributed by atoms with Crippen LogP contribution >= 0.6 is 0 Å². The molecule has 11 nitrogen and oxygen atoms in total. The summed E-state index contributed by atoms with van der Waals surface area (Å²) in [4.78, 5) is 38.9. The largest absolute Gasteiger partial charge is 0.465 e. The van der Waals surface area contributed by atoms with E-state index in [1.54, 1.807) is 12.4 Å². The quantitative estimate of drug-likeness (QED) is 0.180. The van der Waals surface area contributed by atoms with E-state index >= 15 is 0 Å². The second-order valence-electron chi connectivity index (χ2n) is 13.9. The molecule has 244 valence electrons. The lowest BCUT2D eigenvalue weighted by atomic mass is 9.92. The Balaban J connectivity index is 1.35. The number of aromatic nitrogens is 5. The molecule has 1 saturated heterocycles. The van der Waals surface area contributed by atoms with E-state index in [2.05, 4.69) is 59.2 Å². The minimum absolute atomic E-state index is 0.0254. The highest BCUT2D eigenvalue weighted by Crippen LogP contribution is 2.36. The van der Waals surface area contributed by atoms with Crippen molar-refractivity contribution in [2.45, 2.75) is 97.9 Å². The average Bonchev–Trinajstić information content (AvgIpc) is 3.80. The van der Waals surface area contributed by atoms with Crippen molar-refractivity contribution in [2.24, 2.45) is 5.41 Å². The number of H-pyrrole nitrogens is 1. The Hall–Kier alpha value is -4.25. The highest BCUT2D eigenvalue weighted by Gasteiger charge is 2.25. The summed E-state index contributed by atoms with van der Waals surface area (Å²) in [5.41, 5.74) is 5.70. The lowest BCUT2D eigenvalue weighted by Gasteiger charge is -2.25. The monoisotopic (exact) mass is 627 g/mol. The Labute approximate surface area is 269 Å². The smallest absolute Gasteiger partial charge is 0.407 e. The van der Waals surface area contributed by atoms with Gasteiger partial charge < -0.3 is 25.0 Å². The van der Waals surface area contributed by atoms with Gasteiger partial charge in [0, 0.05) is 42.5 Å². The molecule has 1 aliphatic carbocycles. The molecule has 1 aliphatic heterocycles. The number of amides is 2. The van der Waals surface area contributed by atoms with E-state index in [9.17, 15) is 14.7 Å². The number of hydrogen-bond donors (Lipinski definition) is 3. The number of fused-ring (bicyclic) bond motifs is 1. The first-order chi connectivity index (χ1) is 22.1. The summed E-state index contributed by atoms with van der Waals surface area (Å²) in [6.07, 6.45) is 12.1. The lowest BCUT2D eigenvalue weighted by Crippen LogP contribution is -2.32. The number of rotatable bonds is 9. The summed E-state index contributed by atoms with van der Waals surface area (Å²) in [5, 5.41) is 19.0. The third kappa shape index (κ3) is 6.94. The predicted molar refractivity (Wildman–Crippen MR) is 176 cm³/mol. The Bertz CT molecular complexity index is 1710. The van der Waals surface area contributed by atoms with E-state index in [1.807, 2.05) is 17.8 Å². The Kier molecular flexibility index (Phi) is 9.13. The van der Waals surface area contributed by atoms with Crippen LogP contribution in [0.1, 0.15) is 100.0 Å². The maximum atomic E-state index is 13.0. The fraction of sp³-hybridized carbons (Fsp3) is 0.514. The van der Waals surface area contributed by atoms with E-state index < -0.39 is 6.09 Å². The second-order valence-corrected chi connectivity index (χ2v) is 13.9. The highest BCUT2D eigenvalue weighted by molar-refractivity contribution is 5.97. The standard InChI is InChI=1S/C35H45N7O4/c1-22-24(21-41(34(44)45)15-14-35(2,3)4)18-36-19-27(22)23-12-13-29-26(17-23)31(40-42(29)30-11-7-8-16-46-30)32-37-20-28(39-32)33(43)38-25-9-5-6-10-25/h12-13,17-20,25,30H,5-11,14-16,21H2,1-4H3,(H,37,39)(H,38,43)(H,44,45). The van der Waals surface area contributed by atoms with Crippen molar-refractivity contribution in [3.8, 4) is 22.6 Å². The van der Waals surface area contributed by atoms with Gasteiger partial charge in [0.05, 0.1) is 18.3 Å². The van der Waals surface area contributed by atoms with E-state index in [-0.39, 0.29) is 30.1 Å². The summed E-state index contributed by atoms with van der Waals surface area (Å²) in [6.45, 7) is 9.76. The zero-order chi connectivity index (χ0) is 32.4. The van der Waals surface area contributed by atoms with Gasteiger partial charge in [0.25, 0.3) is 5.91 Å². The zero-order valence-corrected chi connectivity index (χ0v) is 27.3. The third-order valence-corrected chi connectivity index (χ3v) is 9.26. The van der Waals surface area contributed by atoms with Crippen LogP contribution in [0.15, 0.2) is 36.8 Å². The maximum absolute atomic E-state index is 13.0. The van der Waals surface area contributed by atoms with Gasteiger partial charge in [-0.25, -0.2) is 14.5 Å². The molecule has 0 bridgehead atoms. The van der Waals surface area contributed by atoms with Gasteiger partial charge in [-0.2, -0.15) is 5.10 Å². The number of aromatic amines is 1. The van der Waals surface area contributed by atoms with Gasteiger partial charge in [0.2, 0.25) is 0 Å². The number of carbonyl (C=O) groups is 2. The molecule has 1 atom stereocenters. The molecular weight excluding hydrogens is 582 g/mol. The molecule has 3 aromatic heterocycles. The van der Waals surface area contributed by atoms with Crippen molar-refractivity contribution in [2.75, 3.05) is 13.2 Å². The highest BCUT2D eigenvalue weighted by atomic mass is 16.5. The third-order valence-electron chi connectivity index (χ3n) is 9.26. The van der Waals surface area contributed by atoms with Crippen LogP contribution in [0.25, 0.3) is 33.5 Å². The van der Waals surface area contributed by atoms with Crippen molar-refractivity contribution >= 4 is 22.9 Å². The van der Waals surface area contributed by atoms with Gasteiger partial charge in [-0.05, 0) is 79.7 Å². The van der Waals surface area contributed by atoms with Crippen LogP contribution in [-0.2, 0) is 11.3 Å². The van der Waals surface area contributed by atoms with Crippen LogP contribution in [0.2, 0.25) is 0 Å². The van der Waals surface area contributed by atoms with Gasteiger partial charge in [-0.15, -0.1) is 0 Å². The minimum atomic E-state index is -0.938. The van der Waals surface area contributed by atoms with Gasteiger partial charge in [-0.3, -0.25) is 9.78 Å². The molecular formula is C35H45N7O4. The van der Waals surface area contributed by atoms with Crippen LogP contribution in [0.3, 0.4) is 0 Å². The van der Waals surface area contributed by atoms with E-state index in [1.165, 1.54) is 4.90 Å². The molecule has 2 amide bonds. The van der Waals surface area contributed by atoms with Crippen molar-refractivity contribution in [3.05, 3.63) is 53.6 Å². The van der Waals surface area contributed by atoms with Gasteiger partial charge in [-0.1, -0.05) is 39.7 Å². The Morgan fingerprint density at radius 2 is 1.89 bits per heavy atom. The SMILES string of the molecule is Cc1c(CN(CCC(C)(C)C)C(=O)O)cncc1-c1ccc2c(c1)c(-c1ncc(C(=O)NC3CCCC3)[nH]1)nn2C1CCCCO1. The summed E-state index contributed by atoms with van der Waals surface area (Å²) in [7, 11) is 0. The van der Waals surface area contributed by atoms with E-state index in [0.29, 0.717) is 30.4 Å². The normalized spacial score (nSPS) is 17.4. The molecule has 11 heteroatoms. The van der Waals surface area contributed by atoms with Crippen LogP contribution < -0.4 is 5.32 Å². The molecule has 1 aromatic carbocycles. The number of pyridine rings is 1. The molecule has 0 radical (unpaired) electrons. The number of carboxylic acid groups (broad SMARTS) is 1. The van der Waals surface area contributed by atoms with Crippen LogP contribution in [0, 0.1) is 12.3 Å². The predicted octanol–water partition coefficient (Wildman–Crippen LogP) is 7.08. The first kappa shape index (κ1) is 31.7. The Morgan fingerprint density at radius 3 is 2.61 bits per heavy atom. The number of hydrogen-bond acceptors (Lipinski definition) is 6. The lowest BCUT2D eigenvalue weighted by molar-refractivity contribution is -0.0365. The average molecular weight is 628 g/mol. The summed E-state index contributed by atoms with van der Waals surface area (Å²) in [5.74, 6) is 0.370. The van der Waals surface area contributed by atoms with Gasteiger partial charge in [0.1, 0.15) is 11.4 Å². The molecule has 1 unspecified atom stereocenters. The first-order valence-electron chi connectivity index (χ1n) is 16.5. The molecule has 4 aromatic rings. The topological polar surface area (TPSA) is 138 Å². The summed E-state index contributed by atoms with van der Waals surface area (Å²) < 4.78 is 8.07. The number of benzene rings is 1. The molecule has 2 aliphatic rings. The number of carbonyl (C=O) groups excluding carboxylic acids is 1. The molecule has 4 heterocycles. The first-order valence-corrected chi connectivity index (χ1v) is 16.5. The van der Waals surface area contributed by atoms with Crippen molar-refractivity contribution < 1.29 is 19.4 Å². The fourth-order valence-corrected chi connectivity index (χ4v) is 6.45. The Morgan fingerprint density at radius 1 is 1.11 bits per heavy atom. The van der Waals surface area contributed by atoms with E-state index in [0.717, 1.165) is 84.5 Å². The van der Waals surface area contributed by atoms with Crippen molar-refractivity contribution in [1.29, 1.82) is 0 Å². The van der Waals surface area contributed by atoms with Crippen molar-refractivity contribution in [3.63, 3.8) is 0 Å². The molecule has 0 spiro atoms. The molecule has 46 heavy (non-hydrogen) atoms. The van der Waals surface area contributed by atoms with Crippen LogP contribution in [-0.4, -0.2) is 65.9 Å². The zero-order valence-electron chi connectivity index (χ0n) is 27.3. The molecule has 6 rings (SSSR count). The number of ether oxygens (including phenoxy) is 1. The molecule has 2 fully saturated rings. The summed E-state index contributed by atoms with van der Waals surface area (Å²) >= 11 is 0. The molecule has 3 N–H and O–H groups in total. The van der Waals surface area contributed by atoms with Crippen LogP contribution in [0.4, 0.5) is 4.79 Å². The fourth-order valence-electron chi connectivity index (χ4n) is 6.45. The van der Waals surface area contributed by atoms with Gasteiger partial charge >= 0.3 is 6.09 Å². The van der Waals surface area contributed by atoms with Crippen molar-refractivity contribution in [1.82, 2.24) is 34.9 Å². The number of imidazole rings is 1. The maximum Gasteiger partial charge on any atom is 0.407 e. The minimum Gasteiger partial charge on any atom is -0.465 e. The van der Waals surface area contributed by atoms with Gasteiger partial charge in [0.15, 0.2) is 12.1 Å². The number of nitrogens with zero attached hydrogens (tertiary/aromatic N) is 5. The second kappa shape index (κ2) is 13.2. The molecule has 1 saturated carbocycles. The summed E-state index contributed by atoms with van der Waals surface area (Å²) in [6, 6.07) is 6.39. The van der Waals surface area contributed by atoms with E-state index in [4.69, 9.17) is 9.84 Å².